The molecule has 0 aliphatic heterocycles. The Kier molecular flexibility index (Phi) is 35.0. The van der Waals surface area contributed by atoms with Gasteiger partial charge < -0.3 is 33.2 Å². The van der Waals surface area contributed by atoms with E-state index in [1.165, 1.54) is 36.5 Å². The Morgan fingerprint density at radius 1 is 0.857 bits per heavy atom. The van der Waals surface area contributed by atoms with E-state index in [-0.39, 0.29) is 181 Å². The van der Waals surface area contributed by atoms with Crippen LogP contribution in [0.3, 0.4) is 0 Å². The number of amides is 2. The Hall–Kier alpha value is -0.0612. The third-order valence-electron chi connectivity index (χ3n) is 3.71. The van der Waals surface area contributed by atoms with E-state index in [4.69, 9.17) is 17.9 Å². The van der Waals surface area contributed by atoms with Gasteiger partial charge in [-0.05, 0) is 15.9 Å². The molecule has 0 aromatic carbocycles. The first-order valence-electron chi connectivity index (χ1n) is 10.8. The van der Waals surface area contributed by atoms with Crippen LogP contribution in [0.1, 0.15) is 34.3 Å². The number of rotatable bonds is 4. The molecule has 260 valence electrons. The predicted octanol–water partition coefficient (Wildman–Crippen LogP) is -3.73. The van der Waals surface area contributed by atoms with Crippen molar-refractivity contribution in [2.24, 2.45) is 0 Å². The van der Waals surface area contributed by atoms with Crippen molar-refractivity contribution in [3.8, 4) is 10.6 Å². The molecule has 0 fully saturated rings. The molecular weight excluding hydrogens is 1020 g/mol. The average Bonchev–Trinajstić information content (AvgIpc) is 3.56. The largest absolute Gasteiger partial charge is 1.00 e. The fraction of sp³-hybridized carbons (Fsp3) is 0.227. The summed E-state index contributed by atoms with van der Waals surface area (Å²) in [6.07, 6.45) is -5.14. The fourth-order valence-corrected chi connectivity index (χ4v) is 3.87. The molecule has 4 aromatic rings. The van der Waals surface area contributed by atoms with E-state index in [1.54, 1.807) is 10.8 Å². The summed E-state index contributed by atoms with van der Waals surface area (Å²) >= 11 is 5.79. The van der Waals surface area contributed by atoms with E-state index < -0.39 is 24.0 Å². The van der Waals surface area contributed by atoms with Gasteiger partial charge in [0.05, 0.1) is 0 Å². The van der Waals surface area contributed by atoms with Gasteiger partial charge >= 0.3 is 150 Å². The topological polar surface area (TPSA) is 248 Å². The number of anilines is 2. The molecule has 0 atom stereocenters. The molecule has 0 saturated carbocycles. The SMILES string of the molecule is C.CC(=O)Nc1csc(-c2cnc(C(F)(F)F)nc2)n1.CC(=O)Nc1csc(Br)n1.O.O.O=CO[O-].[B]c1cnc(C(F)(F)F)nc1.[Cs+].[Cs+].[H-]. The van der Waals surface area contributed by atoms with Gasteiger partial charge in [0.25, 0.3) is 6.47 Å². The summed E-state index contributed by atoms with van der Waals surface area (Å²) in [4.78, 5) is 53.0. The summed E-state index contributed by atoms with van der Waals surface area (Å²) in [5, 5.41) is 17.2. The number of aromatic nitrogens is 6. The number of halogens is 7. The summed E-state index contributed by atoms with van der Waals surface area (Å²) in [6.45, 7) is 2.60. The van der Waals surface area contributed by atoms with Crippen LogP contribution in [0.25, 0.3) is 10.6 Å². The Morgan fingerprint density at radius 3 is 1.55 bits per heavy atom. The Morgan fingerprint density at radius 2 is 1.22 bits per heavy atom. The third kappa shape index (κ3) is 25.5. The Labute approximate surface area is 411 Å². The van der Waals surface area contributed by atoms with Gasteiger partial charge in [0, 0.05) is 55.0 Å². The second-order valence-electron chi connectivity index (χ2n) is 7.21. The maximum atomic E-state index is 12.3. The summed E-state index contributed by atoms with van der Waals surface area (Å²) in [6, 6.07) is 0. The van der Waals surface area contributed by atoms with Gasteiger partial charge in [0.15, 0.2) is 3.92 Å². The van der Waals surface area contributed by atoms with Crippen molar-refractivity contribution in [3.05, 3.63) is 51.1 Å². The zero-order valence-corrected chi connectivity index (χ0v) is 40.6. The van der Waals surface area contributed by atoms with E-state index in [2.05, 4.69) is 61.4 Å². The third-order valence-corrected chi connectivity index (χ3v) is 5.96. The smallest absolute Gasteiger partial charge is 1.00 e. The zero-order valence-electron chi connectivity index (χ0n) is 25.8. The molecule has 0 spiro atoms. The number of hydrogen-bond donors (Lipinski definition) is 2. The second kappa shape index (κ2) is 29.4. The molecule has 6 N–H and O–H groups in total. The average molecular weight is 1050 g/mol. The van der Waals surface area contributed by atoms with Gasteiger partial charge in [0.1, 0.15) is 24.5 Å². The molecule has 2 amide bonds. The first-order chi connectivity index (χ1) is 20.5. The van der Waals surface area contributed by atoms with Crippen LogP contribution in [-0.4, -0.2) is 67.0 Å². The Balaban J connectivity index is -0.000000137. The summed E-state index contributed by atoms with van der Waals surface area (Å²) in [7, 11) is 5.08. The molecule has 0 saturated heterocycles. The first-order valence-corrected chi connectivity index (χ1v) is 13.4. The minimum atomic E-state index is -4.57. The van der Waals surface area contributed by atoms with Crippen LogP contribution in [0.2, 0.25) is 0 Å². The second-order valence-corrected chi connectivity index (χ2v) is 10.2. The molecule has 0 aliphatic rings. The normalized spacial score (nSPS) is 9.35. The number of hydrogen-bond acceptors (Lipinski definition) is 13. The van der Waals surface area contributed by atoms with Crippen molar-refractivity contribution in [2.45, 2.75) is 33.6 Å². The van der Waals surface area contributed by atoms with E-state index in [1.807, 2.05) is 0 Å². The van der Waals surface area contributed by atoms with E-state index >= 15 is 0 Å². The van der Waals surface area contributed by atoms with Crippen LogP contribution < -0.4 is 159 Å². The minimum Gasteiger partial charge on any atom is -1.00 e. The molecule has 0 aliphatic carbocycles. The quantitative estimate of drug-likeness (QED) is 0.0662. The van der Waals surface area contributed by atoms with Gasteiger partial charge in [0.2, 0.25) is 23.5 Å². The summed E-state index contributed by atoms with van der Waals surface area (Å²) < 4.78 is 72.9. The monoisotopic (exact) mass is 1050 g/mol. The molecule has 27 heteroatoms. The van der Waals surface area contributed by atoms with Gasteiger partial charge in [-0.15, -0.1) is 22.7 Å². The molecule has 0 bridgehead atoms. The van der Waals surface area contributed by atoms with Crippen molar-refractivity contribution in [3.63, 3.8) is 0 Å². The van der Waals surface area contributed by atoms with Crippen LogP contribution >= 0.6 is 38.6 Å². The molecule has 4 rings (SSSR count). The van der Waals surface area contributed by atoms with Crippen LogP contribution in [0.15, 0.2) is 39.5 Å². The van der Waals surface area contributed by atoms with Crippen molar-refractivity contribution in [1.29, 1.82) is 0 Å². The Bertz CT molecular complexity index is 1520. The number of carbonyl (C=O) groups excluding carboxylic acids is 3. The van der Waals surface area contributed by atoms with Crippen molar-refractivity contribution in [1.82, 2.24) is 29.9 Å². The molecular formula is C22H24BBrCs2F6N8O7S2. The number of nitrogens with one attached hydrogen (secondary N) is 2. The number of nitrogens with zero attached hydrogens (tertiary/aromatic N) is 6. The zero-order chi connectivity index (χ0) is 33.5. The standard InChI is InChI=1S/C10H7F3N4OS.C5H2BF3N2.C5H5BrN2OS.CH2O3.CH4.2Cs.2H2O.H/c1-5(18)16-7-4-19-8(17-7)6-2-14-9(15-3-6)10(11,12)13;6-3-1-10-4(11-2-3)5(7,8)9;1-3(9)7-4-2-10-5(6)8-4;2-1-4-3;;;;;;/h2-4H,1H3,(H,16,18);1-2H;2H,1H3,(H,7,9);1,3H;1H4;;;2*1H2;/q;;;;;2*+1;;;-1/p-1. The maximum Gasteiger partial charge on any atom is 1.00 e. The minimum absolute atomic E-state index is 0. The summed E-state index contributed by atoms with van der Waals surface area (Å²) in [5.41, 5.74) is 0.465. The van der Waals surface area contributed by atoms with Crippen LogP contribution in [-0.2, 0) is 31.6 Å². The van der Waals surface area contributed by atoms with Gasteiger partial charge in [-0.2, -0.15) is 26.3 Å². The van der Waals surface area contributed by atoms with Crippen molar-refractivity contribution < 1.29 is 201 Å². The van der Waals surface area contributed by atoms with Gasteiger partial charge in [-0.25, -0.2) is 29.9 Å². The van der Waals surface area contributed by atoms with Gasteiger partial charge in [-0.3, -0.25) is 14.4 Å². The van der Waals surface area contributed by atoms with Crippen LogP contribution in [0.4, 0.5) is 38.0 Å². The summed E-state index contributed by atoms with van der Waals surface area (Å²) in [5.74, 6) is -1.81. The van der Waals surface area contributed by atoms with Crippen molar-refractivity contribution >= 4 is 81.8 Å². The molecule has 4 aromatic heterocycles. The molecule has 4 heterocycles. The maximum absolute atomic E-state index is 12.3. The molecule has 0 unspecified atom stereocenters. The molecule has 2 radical (unpaired) electrons. The number of carbonyl (C=O) groups is 3. The molecule has 49 heavy (non-hydrogen) atoms. The van der Waals surface area contributed by atoms with Crippen LogP contribution in [0.5, 0.6) is 0 Å². The molecule has 15 nitrogen and oxygen atoms in total. The van der Waals surface area contributed by atoms with E-state index in [9.17, 15) is 35.9 Å². The van der Waals surface area contributed by atoms with Gasteiger partial charge in [-0.1, -0.05) is 12.9 Å². The van der Waals surface area contributed by atoms with Crippen molar-refractivity contribution in [2.75, 3.05) is 10.6 Å². The van der Waals surface area contributed by atoms with E-state index in [0.29, 0.717) is 22.2 Å². The number of thiazole rings is 2. The first kappa shape index (κ1) is 58.3. The van der Waals surface area contributed by atoms with Crippen LogP contribution in [0, 0.1) is 0 Å². The fourth-order valence-electron chi connectivity index (χ4n) is 2.20. The predicted molar refractivity (Wildman–Crippen MR) is 161 cm³/mol. The number of alkyl halides is 6. The van der Waals surface area contributed by atoms with E-state index in [0.717, 1.165) is 28.7 Å².